The number of piperazine rings is 1. The van der Waals surface area contributed by atoms with E-state index in [9.17, 15) is 37.2 Å². The monoisotopic (exact) mass is 897 g/mol. The molecule has 4 heterocycles. The zero-order valence-corrected chi connectivity index (χ0v) is 35.5. The number of para-hydroxylation sites is 1. The number of benzene rings is 3. The van der Waals surface area contributed by atoms with Crippen LogP contribution in [0.3, 0.4) is 0 Å². The Hall–Kier alpha value is -6.65. The van der Waals surface area contributed by atoms with Gasteiger partial charge in [-0.05, 0) is 48.9 Å². The summed E-state index contributed by atoms with van der Waals surface area (Å²) in [5.41, 5.74) is 8.44. The van der Waals surface area contributed by atoms with Crippen molar-refractivity contribution in [1.29, 1.82) is 0 Å². The van der Waals surface area contributed by atoms with E-state index in [4.69, 9.17) is 19.9 Å². The number of carbonyl (C=O) groups is 6. The predicted octanol–water partition coefficient (Wildman–Crippen LogP) is 1.45. The zero-order valence-electron chi connectivity index (χ0n) is 34.7. The van der Waals surface area contributed by atoms with Gasteiger partial charge in [0.2, 0.25) is 27.7 Å². The highest BCUT2D eigenvalue weighted by molar-refractivity contribution is 7.89. The second-order valence-corrected chi connectivity index (χ2v) is 16.6. The van der Waals surface area contributed by atoms with E-state index >= 15 is 0 Å². The number of amides is 6. The molecular formula is C43H47N9O11S. The molecule has 3 aliphatic rings. The van der Waals surface area contributed by atoms with E-state index in [0.29, 0.717) is 43.1 Å². The molecule has 1 atom stereocenters. The lowest BCUT2D eigenvalue weighted by atomic mass is 10.0. The summed E-state index contributed by atoms with van der Waals surface area (Å²) >= 11 is 0. The number of aromatic nitrogens is 2. The van der Waals surface area contributed by atoms with Crippen molar-refractivity contribution >= 4 is 62.7 Å². The number of nitrogen functional groups attached to an aromatic ring is 1. The number of hydrogen-bond acceptors (Lipinski definition) is 15. The first kappa shape index (κ1) is 45.4. The van der Waals surface area contributed by atoms with Crippen molar-refractivity contribution in [2.24, 2.45) is 0 Å². The maximum absolute atomic E-state index is 13.2. The molecule has 0 bridgehead atoms. The number of ether oxygens (including phenoxy) is 3. The molecule has 21 heteroatoms. The smallest absolute Gasteiger partial charge is 0.278 e. The number of nitrogens with one attached hydrogen (secondary N) is 3. The number of carbonyl (C=O) groups excluding carboxylic acids is 6. The number of hydrogen-bond donors (Lipinski definition) is 4. The number of rotatable bonds is 19. The largest absolute Gasteiger partial charge is 0.382 e. The van der Waals surface area contributed by atoms with Gasteiger partial charge >= 0.3 is 0 Å². The fourth-order valence-corrected chi connectivity index (χ4v) is 8.30. The summed E-state index contributed by atoms with van der Waals surface area (Å²) in [6, 6.07) is 18.7. The van der Waals surface area contributed by atoms with Gasteiger partial charge in [-0.15, -0.1) is 0 Å². The van der Waals surface area contributed by atoms with E-state index < -0.39 is 45.6 Å². The molecule has 4 aromatic rings. The van der Waals surface area contributed by atoms with Crippen molar-refractivity contribution in [3.63, 3.8) is 0 Å². The molecule has 336 valence electrons. The first-order valence-electron chi connectivity index (χ1n) is 20.6. The SMILES string of the molecule is Nc1ncc(-c2ccc(S(=O)(=O)NCCOCCOCCOCCC(=O)N3CCN(c4ccc5c(c4)C(=O)N(C4CCC(=O)NC4=O)C5=O)CC3)cc2)nc1C(=O)Nc1ccccc1. The molecular weight excluding hydrogens is 851 g/mol. The highest BCUT2D eigenvalue weighted by Gasteiger charge is 2.45. The second kappa shape index (κ2) is 20.7. The summed E-state index contributed by atoms with van der Waals surface area (Å²) in [6.45, 7) is 3.37. The molecule has 0 spiro atoms. The number of sulfonamides is 1. The Labute approximate surface area is 368 Å². The average molecular weight is 898 g/mol. The van der Waals surface area contributed by atoms with Crippen molar-refractivity contribution in [2.45, 2.75) is 30.2 Å². The van der Waals surface area contributed by atoms with Crippen LogP contribution in [-0.2, 0) is 38.6 Å². The molecule has 20 nitrogen and oxygen atoms in total. The quantitative estimate of drug-likeness (QED) is 0.0767. The Balaban J connectivity index is 0.729. The van der Waals surface area contributed by atoms with Crippen LogP contribution >= 0.6 is 0 Å². The van der Waals surface area contributed by atoms with Crippen molar-refractivity contribution < 1.29 is 51.4 Å². The van der Waals surface area contributed by atoms with E-state index in [1.54, 1.807) is 59.5 Å². The first-order valence-corrected chi connectivity index (χ1v) is 22.1. The predicted molar refractivity (Wildman–Crippen MR) is 230 cm³/mol. The lowest BCUT2D eigenvalue weighted by Gasteiger charge is -2.36. The van der Waals surface area contributed by atoms with Gasteiger partial charge in [0.05, 0.1) is 74.0 Å². The molecule has 64 heavy (non-hydrogen) atoms. The third-order valence-corrected chi connectivity index (χ3v) is 12.1. The van der Waals surface area contributed by atoms with Crippen LogP contribution in [0.5, 0.6) is 0 Å². The summed E-state index contributed by atoms with van der Waals surface area (Å²) in [7, 11) is -3.84. The van der Waals surface area contributed by atoms with Crippen LogP contribution in [0.25, 0.3) is 11.3 Å². The van der Waals surface area contributed by atoms with Crippen molar-refractivity contribution in [3.05, 3.63) is 95.8 Å². The van der Waals surface area contributed by atoms with Gasteiger partial charge in [-0.1, -0.05) is 30.3 Å². The third-order valence-electron chi connectivity index (χ3n) is 10.7. The Morgan fingerprint density at radius 3 is 2.19 bits per heavy atom. The Kier molecular flexibility index (Phi) is 14.7. The van der Waals surface area contributed by atoms with Crippen LogP contribution < -0.4 is 26.0 Å². The van der Waals surface area contributed by atoms with E-state index in [-0.39, 0.29) is 98.9 Å². The van der Waals surface area contributed by atoms with E-state index in [2.05, 4.69) is 25.3 Å². The van der Waals surface area contributed by atoms with Gasteiger partial charge in [-0.2, -0.15) is 0 Å². The maximum atomic E-state index is 13.2. The summed E-state index contributed by atoms with van der Waals surface area (Å²) < 4.78 is 44.8. The lowest BCUT2D eigenvalue weighted by Crippen LogP contribution is -2.54. The van der Waals surface area contributed by atoms with Gasteiger partial charge in [0.1, 0.15) is 6.04 Å². The van der Waals surface area contributed by atoms with Gasteiger partial charge < -0.3 is 35.1 Å². The van der Waals surface area contributed by atoms with Crippen LogP contribution in [0.4, 0.5) is 17.2 Å². The normalized spacial score (nSPS) is 16.5. The minimum absolute atomic E-state index is 0.0315. The maximum Gasteiger partial charge on any atom is 0.278 e. The minimum Gasteiger partial charge on any atom is -0.382 e. The molecule has 1 aromatic heterocycles. The molecule has 2 fully saturated rings. The third kappa shape index (κ3) is 10.9. The summed E-state index contributed by atoms with van der Waals surface area (Å²) in [6.07, 6.45) is 1.73. The summed E-state index contributed by atoms with van der Waals surface area (Å²) in [5.74, 6) is -2.85. The number of nitrogens with zero attached hydrogens (tertiary/aromatic N) is 5. The fraction of sp³-hybridized carbons (Fsp3) is 0.349. The Morgan fingerprint density at radius 2 is 1.48 bits per heavy atom. The fourth-order valence-electron chi connectivity index (χ4n) is 7.28. The van der Waals surface area contributed by atoms with Crippen molar-refractivity contribution in [3.8, 4) is 11.3 Å². The molecule has 0 aliphatic carbocycles. The van der Waals surface area contributed by atoms with Crippen LogP contribution in [-0.4, -0.2) is 142 Å². The standard InChI is InChI=1S/C43H47N9O11S/c44-39-38(41(56)47-29-4-2-1-3-5-29)48-34(27-45-39)28-6-9-31(10-7-28)64(59,60)46-15-21-62-23-25-63-24-22-61-20-14-37(54)51-18-16-50(17-19-51)30-8-11-32-33(26-30)43(58)52(42(32)57)35-12-13-36(53)49-40(35)55/h1-11,26-27,35,46H,12-25H2,(H2,44,45)(H,47,56)(H,49,53,55). The Morgan fingerprint density at radius 1 is 0.812 bits per heavy atom. The molecule has 0 radical (unpaired) electrons. The Bertz CT molecular complexity index is 2500. The summed E-state index contributed by atoms with van der Waals surface area (Å²) in [4.78, 5) is 89.0. The van der Waals surface area contributed by atoms with Crippen LogP contribution in [0.2, 0.25) is 0 Å². The number of imide groups is 2. The van der Waals surface area contributed by atoms with Gasteiger partial charge in [0, 0.05) is 56.1 Å². The van der Waals surface area contributed by atoms with Crippen LogP contribution in [0.1, 0.15) is 50.5 Å². The molecule has 5 N–H and O–H groups in total. The van der Waals surface area contributed by atoms with Crippen LogP contribution in [0.15, 0.2) is 83.9 Å². The minimum atomic E-state index is -3.84. The van der Waals surface area contributed by atoms with Crippen molar-refractivity contribution in [1.82, 2.24) is 29.8 Å². The molecule has 0 saturated carbocycles. The number of nitrogens with two attached hydrogens (primary N) is 1. The number of piperidine rings is 1. The number of anilines is 3. The van der Waals surface area contributed by atoms with Gasteiger partial charge in [-0.3, -0.25) is 39.0 Å². The van der Waals surface area contributed by atoms with E-state index in [1.807, 2.05) is 11.0 Å². The van der Waals surface area contributed by atoms with Gasteiger partial charge in [-0.25, -0.2) is 23.1 Å². The second-order valence-electron chi connectivity index (χ2n) is 14.9. The van der Waals surface area contributed by atoms with Gasteiger partial charge in [0.25, 0.3) is 17.7 Å². The molecule has 3 aromatic carbocycles. The van der Waals surface area contributed by atoms with E-state index in [1.165, 1.54) is 18.3 Å². The highest BCUT2D eigenvalue weighted by Crippen LogP contribution is 2.31. The zero-order chi connectivity index (χ0) is 45.2. The lowest BCUT2D eigenvalue weighted by molar-refractivity contribution is -0.136. The topological polar surface area (TPSA) is 262 Å². The molecule has 1 unspecified atom stereocenters. The highest BCUT2D eigenvalue weighted by atomic mass is 32.2. The first-order chi connectivity index (χ1) is 30.9. The molecule has 3 aliphatic heterocycles. The van der Waals surface area contributed by atoms with Crippen LogP contribution in [0, 0.1) is 0 Å². The molecule has 7 rings (SSSR count). The van der Waals surface area contributed by atoms with Gasteiger partial charge in [0.15, 0.2) is 11.5 Å². The number of fused-ring (bicyclic) bond motifs is 1. The molecule has 2 saturated heterocycles. The average Bonchev–Trinajstić information content (AvgIpc) is 3.54. The van der Waals surface area contributed by atoms with E-state index in [0.717, 1.165) is 10.6 Å². The summed E-state index contributed by atoms with van der Waals surface area (Å²) in [5, 5.41) is 4.91. The van der Waals surface area contributed by atoms with Crippen molar-refractivity contribution in [2.75, 3.05) is 88.3 Å². The molecule has 6 amide bonds.